The van der Waals surface area contributed by atoms with E-state index in [-0.39, 0.29) is 48.7 Å². The zero-order valence-corrected chi connectivity index (χ0v) is 17.4. The lowest BCUT2D eigenvalue weighted by atomic mass is 9.94. The summed E-state index contributed by atoms with van der Waals surface area (Å²) in [6.45, 7) is 5.86. The van der Waals surface area contributed by atoms with Gasteiger partial charge < -0.3 is 20.7 Å². The molecule has 2 rings (SSSR count). The number of carbonyl (C=O) groups is 1. The molecule has 2 unspecified atom stereocenters. The van der Waals surface area contributed by atoms with Crippen LogP contribution in [0.25, 0.3) is 0 Å². The van der Waals surface area contributed by atoms with Gasteiger partial charge in [-0.2, -0.15) is 0 Å². The van der Waals surface area contributed by atoms with Gasteiger partial charge in [-0.05, 0) is 24.8 Å². The van der Waals surface area contributed by atoms with Crippen molar-refractivity contribution in [2.75, 3.05) is 33.4 Å². The van der Waals surface area contributed by atoms with Crippen molar-refractivity contribution in [1.82, 2.24) is 10.2 Å². The molecule has 0 radical (unpaired) electrons. The maximum atomic E-state index is 12.5. The van der Waals surface area contributed by atoms with E-state index in [2.05, 4.69) is 10.2 Å². The first-order valence-corrected chi connectivity index (χ1v) is 8.94. The van der Waals surface area contributed by atoms with Crippen LogP contribution in [0, 0.1) is 5.92 Å². The number of hydrogen-bond acceptors (Lipinski definition) is 4. The van der Waals surface area contributed by atoms with Gasteiger partial charge in [-0.15, -0.1) is 24.8 Å². The quantitative estimate of drug-likeness (QED) is 0.652. The number of hydrogen-bond donors (Lipinski definition) is 2. The van der Waals surface area contributed by atoms with Crippen LogP contribution < -0.4 is 11.1 Å². The molecule has 1 heterocycles. The monoisotopic (exact) mass is 405 g/mol. The summed E-state index contributed by atoms with van der Waals surface area (Å²) in [5.74, 6) is -0.170. The number of nitrogens with zero attached hydrogens (tertiary/aromatic N) is 1. The van der Waals surface area contributed by atoms with Crippen LogP contribution in [0.15, 0.2) is 30.3 Å². The Labute approximate surface area is 169 Å². The summed E-state index contributed by atoms with van der Waals surface area (Å²) in [7, 11) is 1.74. The number of piperidine rings is 1. The number of methoxy groups -OCH3 is 1. The highest BCUT2D eigenvalue weighted by molar-refractivity contribution is 5.85. The third kappa shape index (κ3) is 7.80. The first kappa shape index (κ1) is 25.1. The molecule has 0 aliphatic carbocycles. The molecule has 1 saturated heterocycles. The van der Waals surface area contributed by atoms with Crippen LogP contribution in [0.3, 0.4) is 0 Å². The Bertz CT molecular complexity index is 497. The lowest BCUT2D eigenvalue weighted by Gasteiger charge is -2.33. The van der Waals surface area contributed by atoms with E-state index in [1.165, 1.54) is 0 Å². The second-order valence-corrected chi connectivity index (χ2v) is 6.70. The lowest BCUT2D eigenvalue weighted by molar-refractivity contribution is -0.126. The maximum absolute atomic E-state index is 12.5. The fourth-order valence-electron chi connectivity index (χ4n) is 3.19. The summed E-state index contributed by atoms with van der Waals surface area (Å²) in [5, 5.41) is 3.19. The smallest absolute Gasteiger partial charge is 0.224 e. The van der Waals surface area contributed by atoms with Gasteiger partial charge in [-0.25, -0.2) is 0 Å². The van der Waals surface area contributed by atoms with E-state index in [1.807, 2.05) is 37.3 Å². The highest BCUT2D eigenvalue weighted by atomic mass is 35.5. The number of benzene rings is 1. The van der Waals surface area contributed by atoms with E-state index in [4.69, 9.17) is 10.5 Å². The SMILES string of the molecule is COCCCN1CCC(NC(=O)C(C)C(N)c2ccccc2)CC1.Cl.Cl. The second kappa shape index (κ2) is 13.3. The first-order valence-electron chi connectivity index (χ1n) is 8.94. The number of rotatable bonds is 8. The van der Waals surface area contributed by atoms with Crippen molar-refractivity contribution in [3.8, 4) is 0 Å². The van der Waals surface area contributed by atoms with Crippen molar-refractivity contribution in [2.24, 2.45) is 11.7 Å². The van der Waals surface area contributed by atoms with Gasteiger partial charge in [0, 0.05) is 45.4 Å². The Morgan fingerprint density at radius 3 is 2.46 bits per heavy atom. The standard InChI is InChI=1S/C19H31N3O2.2ClH/c1-15(18(20)16-7-4-3-5-8-16)19(23)21-17-9-12-22(13-10-17)11-6-14-24-2;;/h3-5,7-8,15,17-18H,6,9-14,20H2,1-2H3,(H,21,23);2*1H. The van der Waals surface area contributed by atoms with Crippen LogP contribution in [0.2, 0.25) is 0 Å². The Kier molecular flexibility index (Phi) is 12.9. The van der Waals surface area contributed by atoms with Crippen LogP contribution in [0.5, 0.6) is 0 Å². The van der Waals surface area contributed by atoms with E-state index in [1.54, 1.807) is 7.11 Å². The van der Waals surface area contributed by atoms with Crippen LogP contribution in [-0.2, 0) is 9.53 Å². The van der Waals surface area contributed by atoms with Gasteiger partial charge in [0.1, 0.15) is 0 Å². The third-order valence-electron chi connectivity index (χ3n) is 4.89. The normalized spacial score (nSPS) is 17.5. The molecule has 7 heteroatoms. The molecule has 1 aliphatic rings. The first-order chi connectivity index (χ1) is 11.6. The highest BCUT2D eigenvalue weighted by Crippen LogP contribution is 2.20. The molecule has 1 fully saturated rings. The number of likely N-dealkylation sites (tertiary alicyclic amines) is 1. The molecule has 5 nitrogen and oxygen atoms in total. The fourth-order valence-corrected chi connectivity index (χ4v) is 3.19. The van der Waals surface area contributed by atoms with Crippen LogP contribution in [0.4, 0.5) is 0 Å². The molecule has 1 aromatic rings. The minimum absolute atomic E-state index is 0. The molecular weight excluding hydrogens is 373 g/mol. The zero-order chi connectivity index (χ0) is 17.4. The molecule has 150 valence electrons. The minimum atomic E-state index is -0.264. The molecule has 3 N–H and O–H groups in total. The molecule has 2 atom stereocenters. The molecule has 0 aromatic heterocycles. The van der Waals surface area contributed by atoms with Crippen molar-refractivity contribution in [1.29, 1.82) is 0 Å². The zero-order valence-electron chi connectivity index (χ0n) is 15.7. The summed E-state index contributed by atoms with van der Waals surface area (Å²) in [4.78, 5) is 14.9. The van der Waals surface area contributed by atoms with Gasteiger partial charge in [0.05, 0.1) is 5.92 Å². The van der Waals surface area contributed by atoms with Crippen molar-refractivity contribution in [3.63, 3.8) is 0 Å². The van der Waals surface area contributed by atoms with Crippen LogP contribution >= 0.6 is 24.8 Å². The Morgan fingerprint density at radius 1 is 1.27 bits per heavy atom. The van der Waals surface area contributed by atoms with E-state index >= 15 is 0 Å². The van der Waals surface area contributed by atoms with Gasteiger partial charge >= 0.3 is 0 Å². The van der Waals surface area contributed by atoms with Crippen molar-refractivity contribution >= 4 is 30.7 Å². The van der Waals surface area contributed by atoms with E-state index < -0.39 is 0 Å². The fraction of sp³-hybridized carbons (Fsp3) is 0.632. The summed E-state index contributed by atoms with van der Waals surface area (Å²) in [6.07, 6.45) is 3.08. The molecule has 1 aromatic carbocycles. The van der Waals surface area contributed by atoms with Gasteiger partial charge in [-0.3, -0.25) is 4.79 Å². The number of carbonyl (C=O) groups excluding carboxylic acids is 1. The molecular formula is C19H33Cl2N3O2. The summed E-state index contributed by atoms with van der Waals surface area (Å²) in [5.41, 5.74) is 7.26. The second-order valence-electron chi connectivity index (χ2n) is 6.70. The predicted molar refractivity (Wildman–Crippen MR) is 111 cm³/mol. The molecule has 0 saturated carbocycles. The molecule has 0 spiro atoms. The molecule has 0 bridgehead atoms. The number of nitrogens with two attached hydrogens (primary N) is 1. The summed E-state index contributed by atoms with van der Waals surface area (Å²) >= 11 is 0. The maximum Gasteiger partial charge on any atom is 0.224 e. The average molecular weight is 406 g/mol. The number of nitrogens with one attached hydrogen (secondary N) is 1. The van der Waals surface area contributed by atoms with Gasteiger partial charge in [0.15, 0.2) is 0 Å². The lowest BCUT2D eigenvalue weighted by Crippen LogP contribution is -2.47. The average Bonchev–Trinajstić information content (AvgIpc) is 2.63. The highest BCUT2D eigenvalue weighted by Gasteiger charge is 2.26. The Balaban J connectivity index is 0.00000312. The van der Waals surface area contributed by atoms with E-state index in [9.17, 15) is 4.79 Å². The van der Waals surface area contributed by atoms with Crippen LogP contribution in [0.1, 0.15) is 37.8 Å². The molecule has 1 aliphatic heterocycles. The number of halogens is 2. The minimum Gasteiger partial charge on any atom is -0.385 e. The predicted octanol–water partition coefficient (Wildman–Crippen LogP) is 2.78. The Morgan fingerprint density at radius 2 is 1.88 bits per heavy atom. The van der Waals surface area contributed by atoms with Crippen LogP contribution in [-0.4, -0.2) is 50.2 Å². The van der Waals surface area contributed by atoms with Gasteiger partial charge in [-0.1, -0.05) is 37.3 Å². The van der Waals surface area contributed by atoms with Gasteiger partial charge in [0.25, 0.3) is 0 Å². The summed E-state index contributed by atoms with van der Waals surface area (Å²) < 4.78 is 5.10. The molecule has 1 amide bonds. The number of amides is 1. The summed E-state index contributed by atoms with van der Waals surface area (Å²) in [6, 6.07) is 9.83. The number of ether oxygens (including phenoxy) is 1. The van der Waals surface area contributed by atoms with Crippen molar-refractivity contribution in [3.05, 3.63) is 35.9 Å². The van der Waals surface area contributed by atoms with E-state index in [0.717, 1.165) is 51.1 Å². The van der Waals surface area contributed by atoms with Crippen molar-refractivity contribution < 1.29 is 9.53 Å². The third-order valence-corrected chi connectivity index (χ3v) is 4.89. The molecule has 26 heavy (non-hydrogen) atoms. The van der Waals surface area contributed by atoms with E-state index in [0.29, 0.717) is 0 Å². The topological polar surface area (TPSA) is 67.6 Å². The van der Waals surface area contributed by atoms with Crippen molar-refractivity contribution in [2.45, 2.75) is 38.3 Å². The Hall–Kier alpha value is -0.850. The largest absolute Gasteiger partial charge is 0.385 e. The van der Waals surface area contributed by atoms with Gasteiger partial charge in [0.2, 0.25) is 5.91 Å².